The van der Waals surface area contributed by atoms with E-state index in [4.69, 9.17) is 27.8 Å². The van der Waals surface area contributed by atoms with Gasteiger partial charge in [-0.15, -0.1) is 0 Å². The molecule has 85 heavy (non-hydrogen) atoms. The summed E-state index contributed by atoms with van der Waals surface area (Å²) in [5.41, 5.74) is -6.39. The van der Waals surface area contributed by atoms with Crippen LogP contribution in [0.15, 0.2) is 96.0 Å². The maximum Gasteiger partial charge on any atom is 0.417 e. The molecule has 0 spiro atoms. The lowest BCUT2D eigenvalue weighted by atomic mass is 10.0. The van der Waals surface area contributed by atoms with Crippen LogP contribution >= 0.6 is 24.4 Å². The minimum absolute atomic E-state index is 0.0519. The van der Waals surface area contributed by atoms with Crippen LogP contribution in [0, 0.1) is 40.1 Å². The third kappa shape index (κ3) is 17.5. The van der Waals surface area contributed by atoms with Crippen LogP contribution in [-0.2, 0) is 31.5 Å². The number of nitrogens with one attached hydrogen (secondary N) is 5. The molecule has 450 valence electrons. The summed E-state index contributed by atoms with van der Waals surface area (Å²) in [6, 6.07) is 20.5. The maximum atomic E-state index is 14.5. The molecule has 1 aliphatic rings. The number of benzene rings is 5. The molecule has 6 N–H and O–H groups in total. The smallest absolute Gasteiger partial charge is 0.417 e. The van der Waals surface area contributed by atoms with Crippen LogP contribution in [0.2, 0.25) is 0 Å². The van der Waals surface area contributed by atoms with Crippen LogP contribution in [0.4, 0.5) is 68.0 Å². The van der Waals surface area contributed by atoms with Gasteiger partial charge in [-0.25, -0.2) is 22.8 Å². The number of aliphatic carboxylic acids is 1. The molecule has 0 aromatic heterocycles. The molecule has 0 saturated carbocycles. The Morgan fingerprint density at radius 2 is 1.06 bits per heavy atom. The molecule has 29 heteroatoms. The van der Waals surface area contributed by atoms with Crippen LogP contribution in [0.1, 0.15) is 94.9 Å². The fourth-order valence-corrected chi connectivity index (χ4v) is 7.97. The molecule has 0 aliphatic carbocycles. The summed E-state index contributed by atoms with van der Waals surface area (Å²) < 4.78 is 124. The van der Waals surface area contributed by atoms with Crippen molar-refractivity contribution in [2.24, 2.45) is 4.99 Å². The van der Waals surface area contributed by atoms with E-state index in [2.05, 4.69) is 48.5 Å². The Morgan fingerprint density at radius 1 is 0.647 bits per heavy atom. The lowest BCUT2D eigenvalue weighted by molar-refractivity contribution is -0.145. The third-order valence-corrected chi connectivity index (χ3v) is 12.3. The Labute approximate surface area is 491 Å². The number of halogens is 9. The number of hydrogen-bond donors (Lipinski definition) is 6. The second kappa shape index (κ2) is 28.7. The van der Waals surface area contributed by atoms with Crippen LogP contribution in [0.5, 0.6) is 0 Å². The fraction of sp³-hybridized carbons (Fsp3) is 0.268. The molecule has 5 aromatic carbocycles. The van der Waals surface area contributed by atoms with Crippen molar-refractivity contribution in [2.75, 3.05) is 48.7 Å². The molecule has 0 unspecified atom stereocenters. The SMILES string of the molecule is CNC(=O)c1ccc(N2C(=S)N(c3ccc(C#N)c(C(F)(F)F)c3)C(=O)C2(C)C)cc1F.CNC(=O)c1ccc(NC(C)(C)C(=O)O)cc1F.CNC(=O)c1ccc(NC(C)(C)C(=O)OC)cc1F.N#Cc1ccc(N=CC=S)cc1C(F)(F)F. The number of carboxylic acids is 1. The van der Waals surface area contributed by atoms with Crippen molar-refractivity contribution in [3.05, 3.63) is 147 Å². The molecule has 4 amide bonds. The van der Waals surface area contributed by atoms with E-state index < -0.39 is 104 Å². The number of thiocarbonyl (C=S) groups is 2. The Kier molecular flexibility index (Phi) is 23.5. The van der Waals surface area contributed by atoms with Crippen molar-refractivity contribution in [3.8, 4) is 12.1 Å². The molecule has 1 fully saturated rings. The number of esters is 1. The number of nitriles is 2. The highest BCUT2D eigenvalue weighted by atomic mass is 32.1. The number of methoxy groups -OCH3 is 1. The number of aliphatic imine (C=N–C) groups is 1. The molecule has 5 aromatic rings. The number of carboxylic acid groups (broad SMARTS) is 1. The highest BCUT2D eigenvalue weighted by molar-refractivity contribution is 7.81. The molecule has 6 rings (SSSR count). The fourth-order valence-electron chi connectivity index (χ4n) is 7.39. The zero-order chi connectivity index (χ0) is 64.7. The predicted molar refractivity (Wildman–Crippen MR) is 305 cm³/mol. The lowest BCUT2D eigenvalue weighted by Crippen LogP contribution is -2.44. The van der Waals surface area contributed by atoms with Gasteiger partial charge in [-0.3, -0.25) is 29.1 Å². The highest BCUT2D eigenvalue weighted by Gasteiger charge is 2.51. The molecular formula is C56H53F9N10O8S2. The maximum absolute atomic E-state index is 14.5. The quantitative estimate of drug-likeness (QED) is 0.0277. The first-order valence-electron chi connectivity index (χ1n) is 24.2. The van der Waals surface area contributed by atoms with Gasteiger partial charge in [0.1, 0.15) is 34.1 Å². The van der Waals surface area contributed by atoms with Crippen molar-refractivity contribution in [2.45, 2.75) is 70.5 Å². The molecule has 1 aliphatic heterocycles. The van der Waals surface area contributed by atoms with Crippen LogP contribution in [0.3, 0.4) is 0 Å². The molecule has 18 nitrogen and oxygen atoms in total. The van der Waals surface area contributed by atoms with Crippen molar-refractivity contribution >= 4 is 105 Å². The van der Waals surface area contributed by atoms with Gasteiger partial charge in [0.15, 0.2) is 5.11 Å². The number of ether oxygens (including phenoxy) is 1. The number of anilines is 4. The molecule has 0 atom stereocenters. The number of rotatable bonds is 13. The minimum atomic E-state index is -4.82. The summed E-state index contributed by atoms with van der Waals surface area (Å²) in [5.74, 6) is -6.08. The summed E-state index contributed by atoms with van der Waals surface area (Å²) in [6.07, 6.45) is -8.18. The van der Waals surface area contributed by atoms with Crippen molar-refractivity contribution in [1.82, 2.24) is 16.0 Å². The van der Waals surface area contributed by atoms with Crippen molar-refractivity contribution in [1.29, 1.82) is 10.5 Å². The van der Waals surface area contributed by atoms with Crippen LogP contribution < -0.4 is 36.4 Å². The van der Waals surface area contributed by atoms with Gasteiger partial charge in [0, 0.05) is 49.8 Å². The first kappa shape index (κ1) is 69.8. The van der Waals surface area contributed by atoms with Gasteiger partial charge in [0.2, 0.25) is 0 Å². The van der Waals surface area contributed by atoms with Gasteiger partial charge in [-0.1, -0.05) is 12.2 Å². The minimum Gasteiger partial charge on any atom is -0.480 e. The molecule has 1 saturated heterocycles. The third-order valence-electron chi connectivity index (χ3n) is 11.8. The molecule has 1 heterocycles. The van der Waals surface area contributed by atoms with Gasteiger partial charge in [-0.05, 0) is 145 Å². The Morgan fingerprint density at radius 3 is 1.45 bits per heavy atom. The van der Waals surface area contributed by atoms with E-state index in [9.17, 15) is 68.3 Å². The summed E-state index contributed by atoms with van der Waals surface area (Å²) in [5, 5.41) is 40.0. The Balaban J connectivity index is 0.000000311. The van der Waals surface area contributed by atoms with Crippen molar-refractivity contribution in [3.63, 3.8) is 0 Å². The molecule has 0 radical (unpaired) electrons. The molecular weight excluding hydrogens is 1180 g/mol. The first-order chi connectivity index (χ1) is 39.4. The molecule has 0 bridgehead atoms. The van der Waals surface area contributed by atoms with Crippen molar-refractivity contribution < 1.29 is 78.1 Å². The average Bonchev–Trinajstić information content (AvgIpc) is 1.66. The number of hydrogen-bond acceptors (Lipinski definition) is 14. The van der Waals surface area contributed by atoms with Crippen LogP contribution in [-0.4, -0.2) is 102 Å². The predicted octanol–water partition coefficient (Wildman–Crippen LogP) is 10.3. The topological polar surface area (TPSA) is 258 Å². The zero-order valence-corrected chi connectivity index (χ0v) is 48.2. The van der Waals surface area contributed by atoms with E-state index in [0.29, 0.717) is 17.4 Å². The monoisotopic (exact) mass is 1230 g/mol. The van der Waals surface area contributed by atoms with Crippen LogP contribution in [0.25, 0.3) is 0 Å². The highest BCUT2D eigenvalue weighted by Crippen LogP contribution is 2.40. The van der Waals surface area contributed by atoms with Gasteiger partial charge in [0.05, 0.1) is 69.6 Å². The first-order valence-corrected chi connectivity index (χ1v) is 25.1. The number of alkyl halides is 6. The van der Waals surface area contributed by atoms with Gasteiger partial charge in [-0.2, -0.15) is 36.9 Å². The lowest BCUT2D eigenvalue weighted by Gasteiger charge is -2.29. The number of carbonyl (C=O) groups is 6. The van der Waals surface area contributed by atoms with E-state index >= 15 is 0 Å². The summed E-state index contributed by atoms with van der Waals surface area (Å²) >= 11 is 9.84. The second-order valence-electron chi connectivity index (χ2n) is 19.0. The van der Waals surface area contributed by atoms with Gasteiger partial charge in [0.25, 0.3) is 23.6 Å². The Bertz CT molecular complexity index is 3530. The average molecular weight is 1230 g/mol. The summed E-state index contributed by atoms with van der Waals surface area (Å²) in [6.45, 7) is 9.12. The largest absolute Gasteiger partial charge is 0.480 e. The van der Waals surface area contributed by atoms with E-state index in [0.717, 1.165) is 41.3 Å². The van der Waals surface area contributed by atoms with Gasteiger partial charge < -0.3 is 41.3 Å². The summed E-state index contributed by atoms with van der Waals surface area (Å²) in [7, 11) is 5.45. The second-order valence-corrected chi connectivity index (χ2v) is 19.6. The number of amides is 4. The van der Waals surface area contributed by atoms with E-state index in [1.165, 1.54) is 133 Å². The Hall–Kier alpha value is -9.48. The normalized spacial score (nSPS) is 12.8. The summed E-state index contributed by atoms with van der Waals surface area (Å²) in [4.78, 5) is 75.8. The zero-order valence-electron chi connectivity index (χ0n) is 46.6. The number of carbonyl (C=O) groups excluding carboxylic acids is 5. The van der Waals surface area contributed by atoms with E-state index in [-0.39, 0.29) is 38.9 Å². The van der Waals surface area contributed by atoms with Gasteiger partial charge >= 0.3 is 24.3 Å². The standard InChI is InChI=1S/C21H16F4N4O2S.C13H17FN2O3.C12H15FN2O3.C10H5F3N2S/c1-20(2)18(31)28(12-5-4-11(10-26)15(8-12)21(23,24)25)19(32)29(20)13-6-7-14(16(22)9-13)17(30)27-3;1-13(2,12(18)19-4)16-8-5-6-9(10(14)7-8)11(17)15-3;1-12(2,11(17)18)15-7-4-5-8(9(13)6-7)10(16)14-3;11-10(12,13)9-5-8(15-3-4-16)2-1-7(9)6-14/h4-9H,1-3H3,(H,27,30);5-7,16H,1-4H3,(H,15,17);4-6,15H,1-3H3,(H,14,16)(H,17,18);1-5H. The van der Waals surface area contributed by atoms with E-state index in [1.807, 2.05) is 0 Å². The van der Waals surface area contributed by atoms with E-state index in [1.54, 1.807) is 13.8 Å². The number of nitrogens with zero attached hydrogens (tertiary/aromatic N) is 5.